The van der Waals surface area contributed by atoms with Crippen molar-refractivity contribution >= 4 is 17.9 Å². The Hall–Kier alpha value is -5.09. The summed E-state index contributed by atoms with van der Waals surface area (Å²) in [7, 11) is 5.94. The number of likely N-dealkylation sites (N-methyl/N-ethyl adjacent to an activating group) is 1. The normalized spacial score (nSPS) is 13.4. The van der Waals surface area contributed by atoms with Gasteiger partial charge in [-0.05, 0) is 128 Å². The average molecular weight is 1460 g/mol. The second kappa shape index (κ2) is 84.5. The number of ether oxygens (including phenoxy) is 4. The van der Waals surface area contributed by atoms with E-state index in [0.717, 1.165) is 122 Å². The van der Waals surface area contributed by atoms with Gasteiger partial charge in [0, 0.05) is 12.8 Å². The zero-order valence-corrected chi connectivity index (χ0v) is 68.8. The number of rotatable bonds is 80. The second-order valence-electron chi connectivity index (χ2n) is 30.1. The predicted octanol–water partition coefficient (Wildman–Crippen LogP) is 27.4. The Morgan fingerprint density at radius 2 is 0.543 bits per heavy atom. The van der Waals surface area contributed by atoms with Gasteiger partial charge in [-0.2, -0.15) is 0 Å². The predicted molar refractivity (Wildman–Crippen MR) is 453 cm³/mol. The fourth-order valence-electron chi connectivity index (χ4n) is 12.2. The molecular weight excluding hydrogens is 1300 g/mol. The first-order chi connectivity index (χ1) is 51.6. The summed E-state index contributed by atoms with van der Waals surface area (Å²) in [5, 5.41) is 11.9. The molecule has 0 saturated heterocycles. The first-order valence-electron chi connectivity index (χ1n) is 43.6. The molecule has 0 radical (unpaired) electrons. The molecule has 0 spiro atoms. The molecule has 0 rings (SSSR count). The molecule has 0 aliphatic carbocycles. The highest BCUT2D eigenvalue weighted by Gasteiger charge is 2.22. The number of carboxylic acid groups (broad SMARTS) is 1. The van der Waals surface area contributed by atoms with Gasteiger partial charge in [-0.1, -0.05) is 390 Å². The van der Waals surface area contributed by atoms with Crippen molar-refractivity contribution in [2.24, 2.45) is 0 Å². The molecule has 9 heteroatoms. The van der Waals surface area contributed by atoms with Gasteiger partial charge in [0.1, 0.15) is 13.2 Å². The van der Waals surface area contributed by atoms with Gasteiger partial charge in [-0.3, -0.25) is 9.59 Å². The van der Waals surface area contributed by atoms with E-state index in [4.69, 9.17) is 18.9 Å². The third kappa shape index (κ3) is 86.0. The van der Waals surface area contributed by atoms with E-state index >= 15 is 0 Å². The number of carbonyl (C=O) groups excluding carboxylic acids is 3. The maximum Gasteiger partial charge on any atom is 0.306 e. The number of esters is 2. The van der Waals surface area contributed by atoms with Gasteiger partial charge in [0.25, 0.3) is 0 Å². The van der Waals surface area contributed by atoms with Gasteiger partial charge >= 0.3 is 11.9 Å². The molecule has 0 amide bonds. The maximum atomic E-state index is 13.0. The summed E-state index contributed by atoms with van der Waals surface area (Å²) in [4.78, 5) is 37.7. The molecule has 9 nitrogen and oxygen atoms in total. The molecule has 0 heterocycles. The Labute approximate surface area is 648 Å². The number of unbranched alkanes of at least 4 members (excludes halogenated alkanes) is 39. The smallest absolute Gasteiger partial charge is 0.306 e. The van der Waals surface area contributed by atoms with E-state index in [-0.39, 0.29) is 38.6 Å². The van der Waals surface area contributed by atoms with Crippen LogP contribution in [0.2, 0.25) is 0 Å². The van der Waals surface area contributed by atoms with Crippen LogP contribution in [0.5, 0.6) is 0 Å². The molecule has 0 aromatic carbocycles. The van der Waals surface area contributed by atoms with Crippen LogP contribution in [0.1, 0.15) is 373 Å². The molecule has 600 valence electrons. The number of carbonyl (C=O) groups is 3. The van der Waals surface area contributed by atoms with Gasteiger partial charge in [0.05, 0.1) is 40.3 Å². The minimum absolute atomic E-state index is 0.141. The summed E-state index contributed by atoms with van der Waals surface area (Å²) in [5.41, 5.74) is 0. The summed E-state index contributed by atoms with van der Waals surface area (Å²) < 4.78 is 22.9. The van der Waals surface area contributed by atoms with Gasteiger partial charge in [-0.25, -0.2) is 0 Å². The molecule has 0 bridgehead atoms. The summed E-state index contributed by atoms with van der Waals surface area (Å²) in [6, 6.07) is 0. The number of hydrogen-bond acceptors (Lipinski definition) is 8. The Morgan fingerprint density at radius 1 is 0.295 bits per heavy atom. The number of allylic oxidation sites excluding steroid dienone is 26. The first-order valence-corrected chi connectivity index (χ1v) is 43.6. The minimum atomic E-state index is -1.63. The number of nitrogens with zero attached hydrogens (tertiary/aromatic N) is 1. The zero-order chi connectivity index (χ0) is 76.0. The largest absolute Gasteiger partial charge is 0.545 e. The Kier molecular flexibility index (Phi) is 80.4. The van der Waals surface area contributed by atoms with E-state index in [9.17, 15) is 19.5 Å². The van der Waals surface area contributed by atoms with Crippen molar-refractivity contribution in [3.8, 4) is 0 Å². The molecule has 105 heavy (non-hydrogen) atoms. The number of quaternary nitrogens is 1. The van der Waals surface area contributed by atoms with E-state index in [1.165, 1.54) is 218 Å². The van der Waals surface area contributed by atoms with Crippen molar-refractivity contribution in [2.45, 2.75) is 386 Å². The Balaban J connectivity index is 4.03. The lowest BCUT2D eigenvalue weighted by molar-refractivity contribution is -0.870. The monoisotopic (exact) mass is 1460 g/mol. The lowest BCUT2D eigenvalue weighted by Crippen LogP contribution is -2.44. The minimum Gasteiger partial charge on any atom is -0.545 e. The van der Waals surface area contributed by atoms with Crippen LogP contribution in [0.25, 0.3) is 0 Å². The molecule has 2 unspecified atom stereocenters. The number of aliphatic carboxylic acids is 1. The summed E-state index contributed by atoms with van der Waals surface area (Å²) in [6.07, 6.45) is 122. The lowest BCUT2D eigenvalue weighted by atomic mass is 10.0. The van der Waals surface area contributed by atoms with Crippen molar-refractivity contribution in [1.29, 1.82) is 0 Å². The SMILES string of the molecule is CC/C=C\C/C=C\C/C=C\C/C=C\C/C=C\C/C=C\C/C=C\C/C=C\C/C=C\C/C=C\CCCCCCCCCCC(=O)OC(COC(=O)CCCCCCCCCCCCCCCCCCCCCCCCCCCC/C=C\C/C=C\C/C=C\CCCCCCC)COC(OCC[N+](C)(C)C)C(=O)[O-]. The van der Waals surface area contributed by atoms with Crippen LogP contribution in [0.3, 0.4) is 0 Å². The van der Waals surface area contributed by atoms with Gasteiger partial charge in [-0.15, -0.1) is 0 Å². The molecule has 0 aliphatic heterocycles. The Morgan fingerprint density at radius 3 is 0.810 bits per heavy atom. The highest BCUT2D eigenvalue weighted by atomic mass is 16.7. The molecular formula is C96H163NO8. The summed E-state index contributed by atoms with van der Waals surface area (Å²) in [6.45, 7) is 4.64. The van der Waals surface area contributed by atoms with Crippen LogP contribution in [0.15, 0.2) is 158 Å². The highest BCUT2D eigenvalue weighted by Crippen LogP contribution is 2.19. The maximum absolute atomic E-state index is 13.0. The molecule has 0 N–H and O–H groups in total. The van der Waals surface area contributed by atoms with Crippen molar-refractivity contribution in [1.82, 2.24) is 0 Å². The average Bonchev–Trinajstić information content (AvgIpc) is 1.97. The topological polar surface area (TPSA) is 111 Å². The molecule has 0 aromatic rings. The molecule has 0 fully saturated rings. The first kappa shape index (κ1) is 99.9. The summed E-state index contributed by atoms with van der Waals surface area (Å²) in [5.74, 6) is -2.29. The lowest BCUT2D eigenvalue weighted by Gasteiger charge is -2.26. The van der Waals surface area contributed by atoms with Crippen LogP contribution in [0.4, 0.5) is 0 Å². The standard InChI is InChI=1S/C96H163NO8/c1-6-8-10-12-14-16-18-20-22-24-26-28-30-32-34-36-38-40-42-44-46-47-49-50-52-54-56-58-60-62-64-66-68-70-72-74-76-78-80-82-84-86-93(98)103-90-92(91-104-96(95(100)101)102-89-88-97(3,4)5)105-94(99)87-85-83-81-79-77-75-73-71-69-67-65-63-61-59-57-55-53-51-48-45-43-41-39-37-35-33-31-29-27-25-23-21-19-17-15-13-11-9-7-2/h9,11,15,17-18,20-21,23-24,26-27,29-30,32-33,35,39,41,45,48,53,55,59,61,65,67,92,96H,6-8,10,12-14,16,19,22,25,28,31,34,36-38,40,42-44,46-47,49-52,54,56-58,60,62-64,66,68-91H2,1-5H3/b11-9-,17-15-,20-18-,23-21-,26-24-,29-27-,32-30-,35-33-,41-39-,48-45-,55-53-,61-59-,67-65-. The van der Waals surface area contributed by atoms with Crippen LogP contribution >= 0.6 is 0 Å². The molecule has 0 aliphatic rings. The van der Waals surface area contributed by atoms with Gasteiger partial charge in [0.15, 0.2) is 12.4 Å². The quantitative estimate of drug-likeness (QED) is 0.0195. The van der Waals surface area contributed by atoms with E-state index in [1.807, 2.05) is 21.1 Å². The van der Waals surface area contributed by atoms with Crippen molar-refractivity contribution in [2.75, 3.05) is 47.5 Å². The third-order valence-electron chi connectivity index (χ3n) is 18.8. The van der Waals surface area contributed by atoms with Gasteiger partial charge < -0.3 is 33.3 Å². The molecule has 0 aromatic heterocycles. The van der Waals surface area contributed by atoms with Crippen molar-refractivity contribution in [3.05, 3.63) is 158 Å². The fourth-order valence-corrected chi connectivity index (χ4v) is 12.2. The van der Waals surface area contributed by atoms with Crippen LogP contribution in [0, 0.1) is 0 Å². The van der Waals surface area contributed by atoms with E-state index < -0.39 is 24.3 Å². The van der Waals surface area contributed by atoms with Crippen LogP contribution in [-0.4, -0.2) is 82.3 Å². The zero-order valence-electron chi connectivity index (χ0n) is 68.8. The van der Waals surface area contributed by atoms with E-state index in [2.05, 4.69) is 172 Å². The molecule has 2 atom stereocenters. The number of hydrogen-bond donors (Lipinski definition) is 0. The van der Waals surface area contributed by atoms with Gasteiger partial charge in [0.2, 0.25) is 0 Å². The number of carboxylic acids is 1. The van der Waals surface area contributed by atoms with Crippen LogP contribution in [-0.2, 0) is 33.3 Å². The van der Waals surface area contributed by atoms with Crippen molar-refractivity contribution < 1.29 is 42.9 Å². The highest BCUT2D eigenvalue weighted by molar-refractivity contribution is 5.70. The Bertz CT molecular complexity index is 2300. The van der Waals surface area contributed by atoms with Crippen LogP contribution < -0.4 is 5.11 Å². The second-order valence-corrected chi connectivity index (χ2v) is 30.1. The third-order valence-corrected chi connectivity index (χ3v) is 18.8. The summed E-state index contributed by atoms with van der Waals surface area (Å²) >= 11 is 0. The van der Waals surface area contributed by atoms with Crippen molar-refractivity contribution in [3.63, 3.8) is 0 Å². The van der Waals surface area contributed by atoms with E-state index in [0.29, 0.717) is 17.4 Å². The van der Waals surface area contributed by atoms with E-state index in [1.54, 1.807) is 0 Å². The molecule has 0 saturated carbocycles. The fraction of sp³-hybridized carbons (Fsp3) is 0.698.